The van der Waals surface area contributed by atoms with E-state index in [1.807, 2.05) is 0 Å². The molecule has 100 valence electrons. The number of nitrogens with one attached hydrogen (secondary N) is 1. The molecule has 0 saturated carbocycles. The van der Waals surface area contributed by atoms with Crippen LogP contribution in [0.1, 0.15) is 38.1 Å². The lowest BCUT2D eigenvalue weighted by atomic mass is 9.81. The molecule has 0 aromatic heterocycles. The molecule has 0 bridgehead atoms. The van der Waals surface area contributed by atoms with Crippen LogP contribution in [0, 0.1) is 11.3 Å². The van der Waals surface area contributed by atoms with Gasteiger partial charge < -0.3 is 10.4 Å². The number of hydrogen-bond donors (Lipinski definition) is 2. The van der Waals surface area contributed by atoms with E-state index in [4.69, 9.17) is 16.7 Å². The Kier molecular flexibility index (Phi) is 4.63. The number of anilines is 1. The smallest absolute Gasteiger partial charge is 0.337 e. The lowest BCUT2D eigenvalue weighted by Crippen LogP contribution is -2.28. The van der Waals surface area contributed by atoms with Gasteiger partial charge in [-0.1, -0.05) is 39.3 Å². The fourth-order valence-electron chi connectivity index (χ4n) is 1.33. The summed E-state index contributed by atoms with van der Waals surface area (Å²) in [5.41, 5.74) is 1.14. The predicted octanol–water partition coefficient (Wildman–Crippen LogP) is 4.13. The first-order valence-electron chi connectivity index (χ1n) is 6.01. The number of benzene rings is 1. The first-order valence-corrected chi connectivity index (χ1v) is 6.38. The van der Waals surface area contributed by atoms with Crippen molar-refractivity contribution in [2.24, 2.45) is 11.3 Å². The highest BCUT2D eigenvalue weighted by molar-refractivity contribution is 6.33. The van der Waals surface area contributed by atoms with Crippen LogP contribution in [0.5, 0.6) is 0 Å². The minimum atomic E-state index is -1.01. The third kappa shape index (κ3) is 3.64. The normalized spacial score (nSPS) is 11.7. The van der Waals surface area contributed by atoms with Crippen LogP contribution in [0.25, 0.3) is 0 Å². The van der Waals surface area contributed by atoms with E-state index in [0.29, 0.717) is 5.92 Å². The number of rotatable bonds is 5. The van der Waals surface area contributed by atoms with Crippen LogP contribution in [-0.2, 0) is 0 Å². The minimum absolute atomic E-state index is 0.130. The Morgan fingerprint density at radius 2 is 2.06 bits per heavy atom. The van der Waals surface area contributed by atoms with Gasteiger partial charge in [0.15, 0.2) is 0 Å². The summed E-state index contributed by atoms with van der Waals surface area (Å²) in [6.07, 6.45) is 0. The van der Waals surface area contributed by atoms with Crippen LogP contribution >= 0.6 is 11.6 Å². The van der Waals surface area contributed by atoms with Gasteiger partial charge in [-0.3, -0.25) is 0 Å². The molecule has 0 spiro atoms. The van der Waals surface area contributed by atoms with Gasteiger partial charge in [0.1, 0.15) is 0 Å². The highest BCUT2D eigenvalue weighted by Crippen LogP contribution is 2.27. The van der Waals surface area contributed by atoms with Crippen molar-refractivity contribution in [3.05, 3.63) is 28.8 Å². The zero-order chi connectivity index (χ0) is 13.9. The van der Waals surface area contributed by atoms with E-state index in [0.717, 1.165) is 12.2 Å². The third-order valence-electron chi connectivity index (χ3n) is 3.51. The monoisotopic (exact) mass is 269 g/mol. The number of carboxylic acid groups (broad SMARTS) is 1. The lowest BCUT2D eigenvalue weighted by Gasteiger charge is -2.29. The molecule has 1 rings (SSSR count). The van der Waals surface area contributed by atoms with E-state index in [2.05, 4.69) is 33.0 Å². The molecule has 1 aromatic carbocycles. The van der Waals surface area contributed by atoms with Gasteiger partial charge in [0.05, 0.1) is 10.6 Å². The summed E-state index contributed by atoms with van der Waals surface area (Å²) in [5, 5.41) is 12.4. The first kappa shape index (κ1) is 14.8. The highest BCUT2D eigenvalue weighted by atomic mass is 35.5. The van der Waals surface area contributed by atoms with Crippen LogP contribution < -0.4 is 5.32 Å². The summed E-state index contributed by atoms with van der Waals surface area (Å²) < 4.78 is 0. The molecule has 1 aromatic rings. The summed E-state index contributed by atoms with van der Waals surface area (Å²) in [6.45, 7) is 9.56. The standard InChI is InChI=1S/C14H20ClNO2/c1-9(2)14(3,4)8-16-10-5-6-11(13(17)18)12(15)7-10/h5-7,9,16H,8H2,1-4H3,(H,17,18). The van der Waals surface area contributed by atoms with Gasteiger partial charge in [0.25, 0.3) is 0 Å². The summed E-state index contributed by atoms with van der Waals surface area (Å²) in [5.74, 6) is -0.451. The number of aromatic carboxylic acids is 1. The maximum absolute atomic E-state index is 10.8. The van der Waals surface area contributed by atoms with E-state index >= 15 is 0 Å². The van der Waals surface area contributed by atoms with Gasteiger partial charge in [-0.05, 0) is 29.5 Å². The van der Waals surface area contributed by atoms with Crippen molar-refractivity contribution < 1.29 is 9.90 Å². The van der Waals surface area contributed by atoms with Gasteiger partial charge in [0, 0.05) is 12.2 Å². The van der Waals surface area contributed by atoms with Crippen molar-refractivity contribution in [2.45, 2.75) is 27.7 Å². The van der Waals surface area contributed by atoms with E-state index in [1.54, 1.807) is 12.1 Å². The second-order valence-corrected chi connectivity index (χ2v) is 5.90. The molecule has 0 atom stereocenters. The van der Waals surface area contributed by atoms with Crippen molar-refractivity contribution in [1.29, 1.82) is 0 Å². The Hall–Kier alpha value is -1.22. The Balaban J connectivity index is 2.76. The van der Waals surface area contributed by atoms with Gasteiger partial charge in [-0.2, -0.15) is 0 Å². The van der Waals surface area contributed by atoms with E-state index in [1.165, 1.54) is 6.07 Å². The van der Waals surface area contributed by atoms with Crippen molar-refractivity contribution >= 4 is 23.3 Å². The number of carboxylic acids is 1. The molecule has 0 aliphatic rings. The molecule has 0 amide bonds. The van der Waals surface area contributed by atoms with E-state index in [-0.39, 0.29) is 16.0 Å². The molecule has 0 heterocycles. The van der Waals surface area contributed by atoms with Crippen LogP contribution in [0.3, 0.4) is 0 Å². The average molecular weight is 270 g/mol. The van der Waals surface area contributed by atoms with Crippen LogP contribution in [0.15, 0.2) is 18.2 Å². The Morgan fingerprint density at radius 1 is 1.44 bits per heavy atom. The molecule has 3 nitrogen and oxygen atoms in total. The molecule has 4 heteroatoms. The fourth-order valence-corrected chi connectivity index (χ4v) is 1.59. The molecule has 0 unspecified atom stereocenters. The predicted molar refractivity (Wildman–Crippen MR) is 75.5 cm³/mol. The van der Waals surface area contributed by atoms with Gasteiger partial charge in [-0.15, -0.1) is 0 Å². The van der Waals surface area contributed by atoms with E-state index < -0.39 is 5.97 Å². The van der Waals surface area contributed by atoms with Crippen molar-refractivity contribution in [3.63, 3.8) is 0 Å². The largest absolute Gasteiger partial charge is 0.478 e. The molecular formula is C14H20ClNO2. The van der Waals surface area contributed by atoms with Gasteiger partial charge >= 0.3 is 5.97 Å². The maximum Gasteiger partial charge on any atom is 0.337 e. The topological polar surface area (TPSA) is 49.3 Å². The van der Waals surface area contributed by atoms with Crippen molar-refractivity contribution in [1.82, 2.24) is 0 Å². The Morgan fingerprint density at radius 3 is 2.50 bits per heavy atom. The summed E-state index contributed by atoms with van der Waals surface area (Å²) in [4.78, 5) is 10.8. The number of halogens is 1. The SMILES string of the molecule is CC(C)C(C)(C)CNc1ccc(C(=O)O)c(Cl)c1. The molecule has 18 heavy (non-hydrogen) atoms. The van der Waals surface area contributed by atoms with Gasteiger partial charge in [0.2, 0.25) is 0 Å². The lowest BCUT2D eigenvalue weighted by molar-refractivity contribution is 0.0697. The zero-order valence-corrected chi connectivity index (χ0v) is 12.0. The Bertz CT molecular complexity index is 441. The average Bonchev–Trinajstić information content (AvgIpc) is 2.25. The molecule has 0 aliphatic carbocycles. The molecule has 0 aliphatic heterocycles. The maximum atomic E-state index is 10.8. The summed E-state index contributed by atoms with van der Waals surface area (Å²) >= 11 is 5.92. The first-order chi connectivity index (χ1) is 8.24. The van der Waals surface area contributed by atoms with Crippen LogP contribution in [0.4, 0.5) is 5.69 Å². The quantitative estimate of drug-likeness (QED) is 0.845. The fraction of sp³-hybridized carbons (Fsp3) is 0.500. The second-order valence-electron chi connectivity index (χ2n) is 5.50. The molecular weight excluding hydrogens is 250 g/mol. The molecule has 2 N–H and O–H groups in total. The Labute approximate surface area is 113 Å². The van der Waals surface area contributed by atoms with Crippen LogP contribution in [-0.4, -0.2) is 17.6 Å². The molecule has 0 saturated heterocycles. The van der Waals surface area contributed by atoms with Crippen molar-refractivity contribution in [3.8, 4) is 0 Å². The summed E-state index contributed by atoms with van der Waals surface area (Å²) in [7, 11) is 0. The van der Waals surface area contributed by atoms with Crippen LogP contribution in [0.2, 0.25) is 5.02 Å². The second kappa shape index (κ2) is 5.61. The van der Waals surface area contributed by atoms with Crippen molar-refractivity contribution in [2.75, 3.05) is 11.9 Å². The number of carbonyl (C=O) groups is 1. The summed E-state index contributed by atoms with van der Waals surface area (Å²) in [6, 6.07) is 4.92. The third-order valence-corrected chi connectivity index (χ3v) is 3.82. The molecule has 0 radical (unpaired) electrons. The molecule has 0 fully saturated rings. The van der Waals surface area contributed by atoms with Gasteiger partial charge in [-0.25, -0.2) is 4.79 Å². The number of hydrogen-bond acceptors (Lipinski definition) is 2. The minimum Gasteiger partial charge on any atom is -0.478 e. The van der Waals surface area contributed by atoms with E-state index in [9.17, 15) is 4.79 Å². The zero-order valence-electron chi connectivity index (χ0n) is 11.2. The highest BCUT2D eigenvalue weighted by Gasteiger charge is 2.22.